The smallest absolute Gasteiger partial charge is 0.0543 e. The van der Waals surface area contributed by atoms with Crippen LogP contribution in [0, 0.1) is 11.3 Å². The number of benzene rings is 6. The predicted octanol–water partition coefficient (Wildman–Crippen LogP) is 14.8. The number of nitrogens with zero attached hydrogens (tertiary/aromatic N) is 1. The van der Waals surface area contributed by atoms with Gasteiger partial charge in [-0.1, -0.05) is 152 Å². The molecule has 6 aromatic carbocycles. The molecule has 0 amide bonds. The van der Waals surface area contributed by atoms with Crippen molar-refractivity contribution in [1.82, 2.24) is 0 Å². The van der Waals surface area contributed by atoms with Gasteiger partial charge in [-0.05, 0) is 129 Å². The first-order valence-corrected chi connectivity index (χ1v) is 19.9. The maximum absolute atomic E-state index is 2.51. The van der Waals surface area contributed by atoms with E-state index in [1.54, 1.807) is 0 Å². The normalized spacial score (nSPS) is 19.2. The van der Waals surface area contributed by atoms with E-state index in [1.165, 1.54) is 104 Å². The highest BCUT2D eigenvalue weighted by Crippen LogP contribution is 2.56. The Labute approximate surface area is 317 Å². The Morgan fingerprint density at radius 3 is 1.68 bits per heavy atom. The average molecular weight is 692 g/mol. The van der Waals surface area contributed by atoms with Crippen LogP contribution in [0.4, 0.5) is 17.1 Å². The van der Waals surface area contributed by atoms with Gasteiger partial charge in [-0.3, -0.25) is 0 Å². The van der Waals surface area contributed by atoms with E-state index < -0.39 is 0 Å². The molecule has 53 heavy (non-hydrogen) atoms. The second-order valence-corrected chi connectivity index (χ2v) is 18.2. The second-order valence-electron chi connectivity index (χ2n) is 18.2. The molecule has 0 spiro atoms. The Balaban J connectivity index is 1.11. The van der Waals surface area contributed by atoms with Crippen molar-refractivity contribution in [2.24, 2.45) is 11.3 Å². The lowest BCUT2D eigenvalue weighted by Gasteiger charge is -2.37. The molecule has 3 aliphatic carbocycles. The van der Waals surface area contributed by atoms with Crippen LogP contribution in [0.5, 0.6) is 0 Å². The molecule has 0 bridgehead atoms. The van der Waals surface area contributed by atoms with Crippen LogP contribution in [-0.4, -0.2) is 0 Å². The fraction of sp³-hybridized carbons (Fsp3) is 0.308. The molecule has 0 unspecified atom stereocenters. The lowest BCUT2D eigenvalue weighted by molar-refractivity contribution is 0.169. The minimum absolute atomic E-state index is 0.0723. The fourth-order valence-corrected chi connectivity index (χ4v) is 10.2. The largest absolute Gasteiger partial charge is 0.310 e. The van der Waals surface area contributed by atoms with Crippen molar-refractivity contribution < 1.29 is 0 Å². The van der Waals surface area contributed by atoms with Crippen LogP contribution in [-0.2, 0) is 10.8 Å². The zero-order valence-electron chi connectivity index (χ0n) is 32.6. The molecule has 1 nitrogen and oxygen atoms in total. The summed E-state index contributed by atoms with van der Waals surface area (Å²) in [7, 11) is 0. The standard InChI is InChI=1S/C52H53N/c1-50(2,3)38-27-23-36(24-28-38)34-19-21-35(22-20-34)37-25-29-39(30-26-37)53(40-31-32-42-41-13-8-10-15-44(41)52(6,7)47(42)33-40)48-18-12-17-46-49(48)43-14-9-11-16-45(43)51(46,4)5/h8-22,25-26,29-33,36,38H,23-24,27-28H2,1-7H3. The maximum Gasteiger partial charge on any atom is 0.0543 e. The molecule has 9 rings (SSSR count). The molecule has 0 N–H and O–H groups in total. The Hall–Kier alpha value is -4.88. The van der Waals surface area contributed by atoms with Gasteiger partial charge < -0.3 is 4.90 Å². The second kappa shape index (κ2) is 12.3. The van der Waals surface area contributed by atoms with Gasteiger partial charge in [0.15, 0.2) is 0 Å². The molecule has 0 radical (unpaired) electrons. The minimum Gasteiger partial charge on any atom is -0.310 e. The van der Waals surface area contributed by atoms with E-state index in [0.29, 0.717) is 11.3 Å². The Morgan fingerprint density at radius 1 is 0.491 bits per heavy atom. The SMILES string of the molecule is CC1(C)c2ccccc2-c2ccc(N(c3ccc(-c4ccc(C5CCC(C(C)(C)C)CC5)cc4)cc3)c3cccc4c3-c3ccccc3C4(C)C)cc21. The van der Waals surface area contributed by atoms with Crippen LogP contribution in [0.3, 0.4) is 0 Å². The molecule has 1 heteroatoms. The van der Waals surface area contributed by atoms with Gasteiger partial charge in [0.2, 0.25) is 0 Å². The highest BCUT2D eigenvalue weighted by atomic mass is 15.1. The number of hydrogen-bond donors (Lipinski definition) is 0. The van der Waals surface area contributed by atoms with E-state index in [-0.39, 0.29) is 10.8 Å². The summed E-state index contributed by atoms with van der Waals surface area (Å²) in [5, 5.41) is 0. The van der Waals surface area contributed by atoms with Crippen LogP contribution in [0.2, 0.25) is 0 Å². The summed E-state index contributed by atoms with van der Waals surface area (Å²) in [5.74, 6) is 1.53. The van der Waals surface area contributed by atoms with Crippen molar-refractivity contribution in [3.63, 3.8) is 0 Å². The first kappa shape index (κ1) is 33.9. The van der Waals surface area contributed by atoms with E-state index >= 15 is 0 Å². The van der Waals surface area contributed by atoms with E-state index in [9.17, 15) is 0 Å². The molecular formula is C52H53N. The number of anilines is 3. The molecule has 0 aliphatic heterocycles. The van der Waals surface area contributed by atoms with Gasteiger partial charge in [-0.15, -0.1) is 0 Å². The van der Waals surface area contributed by atoms with E-state index in [0.717, 1.165) is 5.92 Å². The van der Waals surface area contributed by atoms with Gasteiger partial charge in [-0.2, -0.15) is 0 Å². The molecule has 0 saturated heterocycles. The third kappa shape index (κ3) is 5.50. The highest BCUT2D eigenvalue weighted by Gasteiger charge is 2.39. The summed E-state index contributed by atoms with van der Waals surface area (Å²) in [4.78, 5) is 2.51. The number of fused-ring (bicyclic) bond motifs is 6. The van der Waals surface area contributed by atoms with Gasteiger partial charge in [0, 0.05) is 27.8 Å². The summed E-state index contributed by atoms with van der Waals surface area (Å²) in [6, 6.07) is 50.8. The van der Waals surface area contributed by atoms with Crippen LogP contribution in [0.1, 0.15) is 108 Å². The van der Waals surface area contributed by atoms with Crippen molar-refractivity contribution in [2.75, 3.05) is 4.90 Å². The van der Waals surface area contributed by atoms with Gasteiger partial charge >= 0.3 is 0 Å². The predicted molar refractivity (Wildman–Crippen MR) is 226 cm³/mol. The molecule has 0 aromatic heterocycles. The Bertz CT molecular complexity index is 2320. The first-order chi connectivity index (χ1) is 25.4. The van der Waals surface area contributed by atoms with Gasteiger partial charge in [0.05, 0.1) is 5.69 Å². The summed E-state index contributed by atoms with van der Waals surface area (Å²) >= 11 is 0. The third-order valence-electron chi connectivity index (χ3n) is 13.4. The molecule has 0 atom stereocenters. The third-order valence-corrected chi connectivity index (χ3v) is 13.4. The molecule has 6 aromatic rings. The summed E-state index contributed by atoms with van der Waals surface area (Å²) in [6.07, 6.45) is 5.30. The zero-order chi connectivity index (χ0) is 36.7. The first-order valence-electron chi connectivity index (χ1n) is 19.9. The summed E-state index contributed by atoms with van der Waals surface area (Å²) in [5.41, 5.74) is 18.9. The van der Waals surface area contributed by atoms with Crippen LogP contribution < -0.4 is 4.90 Å². The lowest BCUT2D eigenvalue weighted by atomic mass is 9.68. The molecular weight excluding hydrogens is 639 g/mol. The summed E-state index contributed by atoms with van der Waals surface area (Å²) in [6.45, 7) is 16.7. The van der Waals surface area contributed by atoms with E-state index in [1.807, 2.05) is 0 Å². The molecule has 266 valence electrons. The minimum atomic E-state index is -0.0806. The van der Waals surface area contributed by atoms with Crippen LogP contribution >= 0.6 is 0 Å². The van der Waals surface area contributed by atoms with Gasteiger partial charge in [0.1, 0.15) is 0 Å². The van der Waals surface area contributed by atoms with Crippen molar-refractivity contribution in [3.05, 3.63) is 161 Å². The Morgan fingerprint density at radius 2 is 1.02 bits per heavy atom. The van der Waals surface area contributed by atoms with Crippen LogP contribution in [0.15, 0.2) is 133 Å². The van der Waals surface area contributed by atoms with E-state index in [2.05, 4.69) is 187 Å². The molecule has 3 aliphatic rings. The number of hydrogen-bond acceptors (Lipinski definition) is 1. The van der Waals surface area contributed by atoms with Crippen molar-refractivity contribution in [1.29, 1.82) is 0 Å². The maximum atomic E-state index is 2.51. The number of rotatable bonds is 5. The van der Waals surface area contributed by atoms with Crippen molar-refractivity contribution >= 4 is 17.1 Å². The quantitative estimate of drug-likeness (QED) is 0.174. The monoisotopic (exact) mass is 691 g/mol. The Kier molecular flexibility index (Phi) is 7.90. The zero-order valence-corrected chi connectivity index (χ0v) is 32.6. The lowest BCUT2D eigenvalue weighted by Crippen LogP contribution is -2.25. The average Bonchev–Trinajstić information content (AvgIpc) is 3.55. The topological polar surface area (TPSA) is 3.24 Å². The van der Waals surface area contributed by atoms with Crippen molar-refractivity contribution in [3.8, 4) is 33.4 Å². The molecule has 0 heterocycles. The molecule has 1 saturated carbocycles. The molecule has 1 fully saturated rings. The fourth-order valence-electron chi connectivity index (χ4n) is 10.2. The van der Waals surface area contributed by atoms with E-state index in [4.69, 9.17) is 0 Å². The highest BCUT2D eigenvalue weighted by molar-refractivity contribution is 5.96. The van der Waals surface area contributed by atoms with Gasteiger partial charge in [0.25, 0.3) is 0 Å². The van der Waals surface area contributed by atoms with Crippen molar-refractivity contribution in [2.45, 2.75) is 90.9 Å². The van der Waals surface area contributed by atoms with Crippen LogP contribution in [0.25, 0.3) is 33.4 Å². The van der Waals surface area contributed by atoms with Gasteiger partial charge in [-0.25, -0.2) is 0 Å². The summed E-state index contributed by atoms with van der Waals surface area (Å²) < 4.78 is 0.